The lowest BCUT2D eigenvalue weighted by atomic mass is 10.00. The molecule has 4 aromatic carbocycles. The number of hydrogen-bond acceptors (Lipinski definition) is 3. The number of benzene rings is 4. The lowest BCUT2D eigenvalue weighted by Gasteiger charge is -2.09. The molecule has 1 aromatic heterocycles. The third-order valence-corrected chi connectivity index (χ3v) is 7.12. The molecule has 5 rings (SSSR count). The molecule has 0 saturated heterocycles. The molecule has 218 valence electrons. The van der Waals surface area contributed by atoms with Crippen molar-refractivity contribution in [1.29, 1.82) is 0 Å². The topological polar surface area (TPSA) is 64.4 Å². The van der Waals surface area contributed by atoms with E-state index >= 15 is 13.2 Å². The number of ether oxygens (including phenoxy) is 1. The number of imidazole rings is 1. The summed E-state index contributed by atoms with van der Waals surface area (Å²) in [5, 5.41) is 9.62. The van der Waals surface area contributed by atoms with Crippen LogP contribution in [0.1, 0.15) is 22.5 Å². The Kier molecular flexibility index (Phi) is 8.89. The maximum atomic E-state index is 15.2. The molecule has 0 aliphatic carbocycles. The Morgan fingerprint density at radius 1 is 0.953 bits per heavy atom. The zero-order valence-corrected chi connectivity index (χ0v) is 24.1. The molecular weight excluding hydrogens is 600 g/mol. The van der Waals surface area contributed by atoms with Gasteiger partial charge in [-0.05, 0) is 66.6 Å². The van der Waals surface area contributed by atoms with Crippen molar-refractivity contribution in [2.24, 2.45) is 0 Å². The second kappa shape index (κ2) is 12.8. The number of carboxylic acids is 1. The number of aliphatic carboxylic acids is 1. The number of rotatable bonds is 9. The van der Waals surface area contributed by atoms with E-state index in [0.717, 1.165) is 23.3 Å². The minimum Gasteiger partial charge on any atom is -0.482 e. The van der Waals surface area contributed by atoms with Crippen molar-refractivity contribution in [3.63, 3.8) is 0 Å². The Labute approximate surface area is 255 Å². The first-order chi connectivity index (χ1) is 20.6. The quantitative estimate of drug-likeness (QED) is 0.167. The summed E-state index contributed by atoms with van der Waals surface area (Å²) in [5.74, 6) is -3.80. The van der Waals surface area contributed by atoms with Crippen LogP contribution in [0.5, 0.6) is 5.75 Å². The van der Waals surface area contributed by atoms with Crippen LogP contribution in [-0.4, -0.2) is 27.2 Å². The van der Waals surface area contributed by atoms with Crippen molar-refractivity contribution in [3.8, 4) is 28.1 Å². The van der Waals surface area contributed by atoms with Gasteiger partial charge in [-0.2, -0.15) is 0 Å². The fraction of sp³-hybridized carbons (Fsp3) is 0.0909. The fourth-order valence-corrected chi connectivity index (χ4v) is 5.00. The van der Waals surface area contributed by atoms with Gasteiger partial charge < -0.3 is 14.4 Å². The van der Waals surface area contributed by atoms with E-state index in [9.17, 15) is 4.79 Å². The molecule has 0 bridgehead atoms. The van der Waals surface area contributed by atoms with Crippen LogP contribution >= 0.6 is 23.2 Å². The number of nitrogens with zero attached hydrogens (tertiary/aromatic N) is 2. The molecule has 0 fully saturated rings. The average molecular weight is 623 g/mol. The van der Waals surface area contributed by atoms with Gasteiger partial charge in [0.15, 0.2) is 18.2 Å². The molecule has 0 aliphatic rings. The van der Waals surface area contributed by atoms with Crippen molar-refractivity contribution < 1.29 is 27.8 Å². The van der Waals surface area contributed by atoms with Gasteiger partial charge in [-0.3, -0.25) is 0 Å². The number of aromatic nitrogens is 2. The molecule has 0 spiro atoms. The predicted octanol–water partition coefficient (Wildman–Crippen LogP) is 8.93. The maximum Gasteiger partial charge on any atom is 0.341 e. The zero-order chi connectivity index (χ0) is 30.7. The highest BCUT2D eigenvalue weighted by Crippen LogP contribution is 2.32. The molecule has 0 amide bonds. The Balaban J connectivity index is 1.51. The summed E-state index contributed by atoms with van der Waals surface area (Å²) in [6.07, 6.45) is 4.26. The van der Waals surface area contributed by atoms with Crippen LogP contribution in [0.3, 0.4) is 0 Å². The minimum atomic E-state index is -1.32. The summed E-state index contributed by atoms with van der Waals surface area (Å²) in [4.78, 5) is 15.4. The summed E-state index contributed by atoms with van der Waals surface area (Å²) in [6.45, 7) is 1.61. The van der Waals surface area contributed by atoms with Crippen LogP contribution < -0.4 is 4.74 Å². The van der Waals surface area contributed by atoms with Crippen LogP contribution in [0, 0.1) is 24.4 Å². The third-order valence-electron chi connectivity index (χ3n) is 6.58. The van der Waals surface area contributed by atoms with Gasteiger partial charge in [-0.15, -0.1) is 0 Å². The lowest BCUT2D eigenvalue weighted by molar-refractivity contribution is -0.139. The number of hydrogen-bond donors (Lipinski definition) is 1. The molecular formula is C33H23Cl2F3N2O3. The van der Waals surface area contributed by atoms with E-state index in [1.165, 1.54) is 6.08 Å². The summed E-state index contributed by atoms with van der Waals surface area (Å²) in [5.41, 5.74) is 2.34. The van der Waals surface area contributed by atoms with Gasteiger partial charge >= 0.3 is 5.97 Å². The number of halogens is 5. The highest BCUT2D eigenvalue weighted by Gasteiger charge is 2.19. The van der Waals surface area contributed by atoms with E-state index in [2.05, 4.69) is 4.98 Å². The van der Waals surface area contributed by atoms with Gasteiger partial charge in [0.25, 0.3) is 0 Å². The monoisotopic (exact) mass is 622 g/mol. The van der Waals surface area contributed by atoms with E-state index < -0.39 is 35.6 Å². The fourth-order valence-electron chi connectivity index (χ4n) is 4.49. The highest BCUT2D eigenvalue weighted by atomic mass is 35.5. The van der Waals surface area contributed by atoms with E-state index in [1.54, 1.807) is 84.4 Å². The molecule has 1 heterocycles. The SMILES string of the molecule is Cc1cccc(-c2cc(F)c(C=Cc3nc(-c4ccc(Cl)cc4Cl)cn3Cc3ccc(OCC(=O)O)cc3)c(F)c2F)c1. The molecule has 0 unspecified atom stereocenters. The molecule has 0 saturated carbocycles. The standard InChI is InChI=1S/C33H23Cl2F3N2O3/c1-19-3-2-4-21(13-19)26-15-28(36)25(32(37)33(26)38)11-12-30-39-29(24-10-7-22(34)14-27(24)35)17-40(30)16-20-5-8-23(9-6-20)43-18-31(41)42/h2-15,17H,16,18H2,1H3,(H,41,42). The van der Waals surface area contributed by atoms with Crippen LogP contribution in [0.4, 0.5) is 13.2 Å². The van der Waals surface area contributed by atoms with E-state index in [4.69, 9.17) is 33.0 Å². The average Bonchev–Trinajstić information content (AvgIpc) is 3.36. The first kappa shape index (κ1) is 29.9. The summed E-state index contributed by atoms with van der Waals surface area (Å²) < 4.78 is 52.4. The van der Waals surface area contributed by atoms with E-state index in [0.29, 0.717) is 38.4 Å². The Bertz CT molecular complexity index is 1850. The van der Waals surface area contributed by atoms with Crippen LogP contribution in [0.25, 0.3) is 34.5 Å². The van der Waals surface area contributed by atoms with E-state index in [1.807, 2.05) is 0 Å². The largest absolute Gasteiger partial charge is 0.482 e. The van der Waals surface area contributed by atoms with Gasteiger partial charge in [0.2, 0.25) is 0 Å². The predicted molar refractivity (Wildman–Crippen MR) is 162 cm³/mol. The Morgan fingerprint density at radius 3 is 2.42 bits per heavy atom. The van der Waals surface area contributed by atoms with Crippen LogP contribution in [0.2, 0.25) is 10.0 Å². The van der Waals surface area contributed by atoms with E-state index in [-0.39, 0.29) is 12.1 Å². The second-order valence-electron chi connectivity index (χ2n) is 9.71. The molecule has 5 aromatic rings. The summed E-state index contributed by atoms with van der Waals surface area (Å²) in [6, 6.07) is 19.4. The highest BCUT2D eigenvalue weighted by molar-refractivity contribution is 6.36. The zero-order valence-electron chi connectivity index (χ0n) is 22.6. The smallest absolute Gasteiger partial charge is 0.341 e. The number of carbonyl (C=O) groups is 1. The van der Waals surface area contributed by atoms with Crippen LogP contribution in [0.15, 0.2) is 79.0 Å². The normalized spacial score (nSPS) is 11.3. The molecule has 0 aliphatic heterocycles. The van der Waals surface area contributed by atoms with Crippen molar-refractivity contribution in [2.45, 2.75) is 13.5 Å². The van der Waals surface area contributed by atoms with Crippen LogP contribution in [-0.2, 0) is 11.3 Å². The molecule has 0 radical (unpaired) electrons. The van der Waals surface area contributed by atoms with Gasteiger partial charge in [0.05, 0.1) is 10.7 Å². The number of aryl methyl sites for hydroxylation is 1. The van der Waals surface area contributed by atoms with Crippen molar-refractivity contribution in [3.05, 3.63) is 129 Å². The molecule has 1 N–H and O–H groups in total. The molecule has 0 atom stereocenters. The molecule has 5 nitrogen and oxygen atoms in total. The summed E-state index contributed by atoms with van der Waals surface area (Å²) in [7, 11) is 0. The maximum absolute atomic E-state index is 15.2. The van der Waals surface area contributed by atoms with Gasteiger partial charge in [0.1, 0.15) is 17.4 Å². The van der Waals surface area contributed by atoms with Crippen molar-refractivity contribution in [2.75, 3.05) is 6.61 Å². The lowest BCUT2D eigenvalue weighted by Crippen LogP contribution is -2.09. The summed E-state index contributed by atoms with van der Waals surface area (Å²) >= 11 is 12.5. The van der Waals surface area contributed by atoms with Crippen molar-refractivity contribution >= 4 is 41.3 Å². The second-order valence-corrected chi connectivity index (χ2v) is 10.6. The van der Waals surface area contributed by atoms with Gasteiger partial charge in [-0.1, -0.05) is 65.2 Å². The molecule has 10 heteroatoms. The molecule has 43 heavy (non-hydrogen) atoms. The first-order valence-corrected chi connectivity index (χ1v) is 13.7. The number of carboxylic acid groups (broad SMARTS) is 1. The third kappa shape index (κ3) is 6.93. The van der Waals surface area contributed by atoms with Crippen molar-refractivity contribution in [1.82, 2.24) is 9.55 Å². The Morgan fingerprint density at radius 2 is 1.72 bits per heavy atom. The first-order valence-electron chi connectivity index (χ1n) is 13.0. The van der Waals surface area contributed by atoms with Gasteiger partial charge in [0, 0.05) is 34.5 Å². The Hall–Kier alpha value is -4.53. The minimum absolute atomic E-state index is 0.173. The van der Waals surface area contributed by atoms with Gasteiger partial charge in [-0.25, -0.2) is 22.9 Å².